The van der Waals surface area contributed by atoms with Crippen molar-refractivity contribution in [3.63, 3.8) is 0 Å². The number of halogens is 1. The lowest BCUT2D eigenvalue weighted by atomic mass is 10.3. The van der Waals surface area contributed by atoms with E-state index < -0.39 is 0 Å². The fourth-order valence-corrected chi connectivity index (χ4v) is 2.00. The van der Waals surface area contributed by atoms with Crippen molar-refractivity contribution in [1.82, 2.24) is 9.88 Å². The Hall–Kier alpha value is -0.120. The Balaban J connectivity index is 2.74. The van der Waals surface area contributed by atoms with Crippen LogP contribution in [0.4, 0.5) is 0 Å². The van der Waals surface area contributed by atoms with Gasteiger partial charge in [0.15, 0.2) is 0 Å². The van der Waals surface area contributed by atoms with E-state index in [0.717, 1.165) is 10.7 Å². The van der Waals surface area contributed by atoms with Crippen molar-refractivity contribution in [3.05, 3.63) is 16.1 Å². The summed E-state index contributed by atoms with van der Waals surface area (Å²) in [6.07, 6.45) is 0. The zero-order valence-electron chi connectivity index (χ0n) is 7.54. The first-order valence-corrected chi connectivity index (χ1v) is 5.23. The summed E-state index contributed by atoms with van der Waals surface area (Å²) in [6.45, 7) is 2.14. The van der Waals surface area contributed by atoms with Gasteiger partial charge in [-0.15, -0.1) is 22.9 Å². The Bertz CT molecular complexity index is 247. The first-order valence-electron chi connectivity index (χ1n) is 3.82. The summed E-state index contributed by atoms with van der Waals surface area (Å²) in [7, 11) is 4.10. The Morgan fingerprint density at radius 1 is 1.67 bits per heavy atom. The lowest BCUT2D eigenvalue weighted by Gasteiger charge is -2.16. The zero-order valence-corrected chi connectivity index (χ0v) is 9.11. The molecule has 0 bridgehead atoms. The second-order valence-electron chi connectivity index (χ2n) is 2.95. The van der Waals surface area contributed by atoms with Gasteiger partial charge in [0.25, 0.3) is 0 Å². The van der Waals surface area contributed by atoms with Crippen LogP contribution in [0, 0.1) is 0 Å². The van der Waals surface area contributed by atoms with Crippen molar-refractivity contribution in [2.45, 2.75) is 18.8 Å². The highest BCUT2D eigenvalue weighted by Crippen LogP contribution is 2.21. The molecule has 1 unspecified atom stereocenters. The summed E-state index contributed by atoms with van der Waals surface area (Å²) >= 11 is 7.33. The number of alkyl halides is 1. The Morgan fingerprint density at radius 3 is 2.75 bits per heavy atom. The predicted octanol–water partition coefficient (Wildman–Crippen LogP) is 2.50. The standard InChI is InChI=1S/C8H13ClN2S/c1-6(11(2)3)8-10-7(4-9)5-12-8/h5-6H,4H2,1-3H3. The van der Waals surface area contributed by atoms with Gasteiger partial charge < -0.3 is 4.90 Å². The molecular weight excluding hydrogens is 192 g/mol. The van der Waals surface area contributed by atoms with E-state index in [1.54, 1.807) is 11.3 Å². The van der Waals surface area contributed by atoms with E-state index in [1.807, 2.05) is 19.5 Å². The maximum atomic E-state index is 5.66. The van der Waals surface area contributed by atoms with Crippen LogP contribution in [0.25, 0.3) is 0 Å². The SMILES string of the molecule is CC(c1nc(CCl)cs1)N(C)C. The van der Waals surface area contributed by atoms with Crippen LogP contribution < -0.4 is 0 Å². The van der Waals surface area contributed by atoms with Crippen molar-refractivity contribution in [1.29, 1.82) is 0 Å². The normalized spacial score (nSPS) is 13.8. The second-order valence-corrected chi connectivity index (χ2v) is 4.11. The molecule has 1 heterocycles. The van der Waals surface area contributed by atoms with Gasteiger partial charge >= 0.3 is 0 Å². The quantitative estimate of drug-likeness (QED) is 0.704. The third-order valence-corrected chi connectivity index (χ3v) is 3.18. The van der Waals surface area contributed by atoms with E-state index in [0.29, 0.717) is 11.9 Å². The van der Waals surface area contributed by atoms with Crippen LogP contribution in [0.2, 0.25) is 0 Å². The molecule has 2 nitrogen and oxygen atoms in total. The minimum Gasteiger partial charge on any atom is -0.300 e. The molecule has 0 aliphatic carbocycles. The molecule has 0 fully saturated rings. The van der Waals surface area contributed by atoms with Crippen molar-refractivity contribution in [2.24, 2.45) is 0 Å². The van der Waals surface area contributed by atoms with Crippen molar-refractivity contribution >= 4 is 22.9 Å². The first-order chi connectivity index (χ1) is 5.65. The fourth-order valence-electron chi connectivity index (χ4n) is 0.797. The summed E-state index contributed by atoms with van der Waals surface area (Å²) in [5, 5.41) is 3.15. The Kier molecular flexibility index (Phi) is 3.50. The molecule has 1 aromatic heterocycles. The van der Waals surface area contributed by atoms with Crippen LogP contribution in [-0.4, -0.2) is 24.0 Å². The lowest BCUT2D eigenvalue weighted by Crippen LogP contribution is -2.16. The van der Waals surface area contributed by atoms with Gasteiger partial charge in [-0.2, -0.15) is 0 Å². The largest absolute Gasteiger partial charge is 0.300 e. The predicted molar refractivity (Wildman–Crippen MR) is 53.8 cm³/mol. The molecule has 0 spiro atoms. The molecule has 1 rings (SSSR count). The summed E-state index contributed by atoms with van der Waals surface area (Å²) in [4.78, 5) is 6.53. The van der Waals surface area contributed by atoms with Gasteiger partial charge in [0.1, 0.15) is 5.01 Å². The van der Waals surface area contributed by atoms with Crippen molar-refractivity contribution in [3.8, 4) is 0 Å². The number of hydrogen-bond donors (Lipinski definition) is 0. The van der Waals surface area contributed by atoms with Gasteiger partial charge in [-0.1, -0.05) is 0 Å². The zero-order chi connectivity index (χ0) is 9.14. The van der Waals surface area contributed by atoms with Crippen LogP contribution in [0.15, 0.2) is 5.38 Å². The molecule has 12 heavy (non-hydrogen) atoms. The molecule has 0 saturated heterocycles. The van der Waals surface area contributed by atoms with Crippen molar-refractivity contribution in [2.75, 3.05) is 14.1 Å². The van der Waals surface area contributed by atoms with Crippen LogP contribution in [-0.2, 0) is 5.88 Å². The smallest absolute Gasteiger partial charge is 0.110 e. The summed E-state index contributed by atoms with van der Waals surface area (Å²) in [6, 6.07) is 0.381. The molecule has 0 amide bonds. The van der Waals surface area contributed by atoms with E-state index in [1.165, 1.54) is 0 Å². The molecule has 68 valence electrons. The highest BCUT2D eigenvalue weighted by Gasteiger charge is 2.11. The number of thiazole rings is 1. The van der Waals surface area contributed by atoms with Crippen molar-refractivity contribution < 1.29 is 0 Å². The van der Waals surface area contributed by atoms with Crippen LogP contribution in [0.5, 0.6) is 0 Å². The van der Waals surface area contributed by atoms with Crippen LogP contribution >= 0.6 is 22.9 Å². The van der Waals surface area contributed by atoms with Gasteiger partial charge in [-0.3, -0.25) is 0 Å². The summed E-state index contributed by atoms with van der Waals surface area (Å²) in [5.41, 5.74) is 0.977. The van der Waals surface area contributed by atoms with Gasteiger partial charge in [-0.05, 0) is 21.0 Å². The van der Waals surface area contributed by atoms with E-state index in [2.05, 4.69) is 16.8 Å². The van der Waals surface area contributed by atoms with Gasteiger partial charge in [-0.25, -0.2) is 4.98 Å². The maximum Gasteiger partial charge on any atom is 0.110 e. The summed E-state index contributed by atoms with van der Waals surface area (Å²) < 4.78 is 0. The summed E-state index contributed by atoms with van der Waals surface area (Å²) in [5.74, 6) is 0.511. The highest BCUT2D eigenvalue weighted by atomic mass is 35.5. The molecule has 1 aromatic rings. The minimum atomic E-state index is 0.381. The Morgan fingerprint density at radius 2 is 2.33 bits per heavy atom. The van der Waals surface area contributed by atoms with E-state index in [-0.39, 0.29) is 0 Å². The van der Waals surface area contributed by atoms with Gasteiger partial charge in [0.2, 0.25) is 0 Å². The molecular formula is C8H13ClN2S. The monoisotopic (exact) mass is 204 g/mol. The average Bonchev–Trinajstić information content (AvgIpc) is 2.50. The number of hydrogen-bond acceptors (Lipinski definition) is 3. The number of rotatable bonds is 3. The van der Waals surface area contributed by atoms with Crippen LogP contribution in [0.3, 0.4) is 0 Å². The topological polar surface area (TPSA) is 16.1 Å². The van der Waals surface area contributed by atoms with Crippen LogP contribution in [0.1, 0.15) is 23.7 Å². The third kappa shape index (κ3) is 2.19. The van der Waals surface area contributed by atoms with E-state index >= 15 is 0 Å². The third-order valence-electron chi connectivity index (χ3n) is 1.84. The van der Waals surface area contributed by atoms with Gasteiger partial charge in [0.05, 0.1) is 17.6 Å². The molecule has 0 N–H and O–H groups in total. The fraction of sp³-hybridized carbons (Fsp3) is 0.625. The molecule has 0 aliphatic rings. The Labute approximate surface area is 82.2 Å². The number of nitrogens with zero attached hydrogens (tertiary/aromatic N) is 2. The highest BCUT2D eigenvalue weighted by molar-refractivity contribution is 7.09. The maximum absolute atomic E-state index is 5.66. The molecule has 0 aromatic carbocycles. The average molecular weight is 205 g/mol. The molecule has 0 saturated carbocycles. The molecule has 0 aliphatic heterocycles. The number of aromatic nitrogens is 1. The molecule has 1 atom stereocenters. The van der Waals surface area contributed by atoms with E-state index in [9.17, 15) is 0 Å². The second kappa shape index (κ2) is 4.21. The molecule has 4 heteroatoms. The molecule has 0 radical (unpaired) electrons. The van der Waals surface area contributed by atoms with Gasteiger partial charge in [0, 0.05) is 5.38 Å². The lowest BCUT2D eigenvalue weighted by molar-refractivity contribution is 0.320. The van der Waals surface area contributed by atoms with E-state index in [4.69, 9.17) is 11.6 Å². The minimum absolute atomic E-state index is 0.381. The first kappa shape index (κ1) is 9.96.